The fourth-order valence-electron chi connectivity index (χ4n) is 2.14. The standard InChI is InChI=1S/C13H19NO3/c1-15-13-4-3-10(11-5-6-17-9-11)7-12(13)8-14-16-2/h3-4,7,11,14H,5-6,8-9H2,1-2H3. The lowest BCUT2D eigenvalue weighted by atomic mass is 9.96. The highest BCUT2D eigenvalue weighted by atomic mass is 16.6. The van der Waals surface area contributed by atoms with Crippen molar-refractivity contribution in [2.45, 2.75) is 18.9 Å². The van der Waals surface area contributed by atoms with Gasteiger partial charge in [-0.3, -0.25) is 0 Å². The third kappa shape index (κ3) is 2.97. The molecule has 0 saturated carbocycles. The average Bonchev–Trinajstić information content (AvgIpc) is 2.89. The van der Waals surface area contributed by atoms with Crippen LogP contribution >= 0.6 is 0 Å². The molecule has 1 atom stereocenters. The second kappa shape index (κ2) is 6.00. The summed E-state index contributed by atoms with van der Waals surface area (Å²) in [6.07, 6.45) is 1.10. The topological polar surface area (TPSA) is 39.7 Å². The first kappa shape index (κ1) is 12.4. The van der Waals surface area contributed by atoms with E-state index in [0.29, 0.717) is 12.5 Å². The quantitative estimate of drug-likeness (QED) is 0.793. The Morgan fingerprint density at radius 3 is 2.94 bits per heavy atom. The lowest BCUT2D eigenvalue weighted by molar-refractivity contribution is 0.0861. The van der Waals surface area contributed by atoms with Gasteiger partial charge in [-0.2, -0.15) is 5.48 Å². The summed E-state index contributed by atoms with van der Waals surface area (Å²) in [6, 6.07) is 6.30. The van der Waals surface area contributed by atoms with Gasteiger partial charge in [0.05, 0.1) is 20.8 Å². The largest absolute Gasteiger partial charge is 0.496 e. The van der Waals surface area contributed by atoms with E-state index in [9.17, 15) is 0 Å². The molecule has 94 valence electrons. The fourth-order valence-corrected chi connectivity index (χ4v) is 2.14. The van der Waals surface area contributed by atoms with Crippen molar-refractivity contribution in [1.29, 1.82) is 0 Å². The highest BCUT2D eigenvalue weighted by Gasteiger charge is 2.18. The molecule has 1 saturated heterocycles. The van der Waals surface area contributed by atoms with Gasteiger partial charge in [-0.05, 0) is 18.1 Å². The first-order chi connectivity index (χ1) is 8.35. The lowest BCUT2D eigenvalue weighted by Crippen LogP contribution is -2.12. The minimum absolute atomic E-state index is 0.516. The van der Waals surface area contributed by atoms with Crippen LogP contribution in [0.15, 0.2) is 18.2 Å². The van der Waals surface area contributed by atoms with Gasteiger partial charge in [0, 0.05) is 24.6 Å². The van der Waals surface area contributed by atoms with Crippen LogP contribution in [0.3, 0.4) is 0 Å². The summed E-state index contributed by atoms with van der Waals surface area (Å²) in [5.74, 6) is 1.40. The van der Waals surface area contributed by atoms with E-state index in [1.165, 1.54) is 5.56 Å². The van der Waals surface area contributed by atoms with E-state index in [1.807, 2.05) is 6.07 Å². The van der Waals surface area contributed by atoms with E-state index in [0.717, 1.165) is 30.9 Å². The van der Waals surface area contributed by atoms with Crippen molar-refractivity contribution in [3.8, 4) is 5.75 Å². The van der Waals surface area contributed by atoms with E-state index in [1.54, 1.807) is 14.2 Å². The molecule has 2 rings (SSSR count). The van der Waals surface area contributed by atoms with Gasteiger partial charge in [0.25, 0.3) is 0 Å². The monoisotopic (exact) mass is 237 g/mol. The number of methoxy groups -OCH3 is 1. The van der Waals surface area contributed by atoms with Crippen LogP contribution in [0, 0.1) is 0 Å². The molecule has 17 heavy (non-hydrogen) atoms. The van der Waals surface area contributed by atoms with Crippen molar-refractivity contribution in [2.75, 3.05) is 27.4 Å². The Hall–Kier alpha value is -1.10. The second-order valence-electron chi connectivity index (χ2n) is 4.16. The van der Waals surface area contributed by atoms with Crippen molar-refractivity contribution in [1.82, 2.24) is 5.48 Å². The van der Waals surface area contributed by atoms with Crippen LogP contribution in [0.5, 0.6) is 5.75 Å². The van der Waals surface area contributed by atoms with E-state index < -0.39 is 0 Å². The van der Waals surface area contributed by atoms with Crippen LogP contribution in [-0.2, 0) is 16.1 Å². The van der Waals surface area contributed by atoms with Gasteiger partial charge in [-0.1, -0.05) is 12.1 Å². The van der Waals surface area contributed by atoms with E-state index in [4.69, 9.17) is 14.3 Å². The lowest BCUT2D eigenvalue weighted by Gasteiger charge is -2.13. The molecule has 4 heteroatoms. The van der Waals surface area contributed by atoms with Gasteiger partial charge < -0.3 is 14.3 Å². The Bertz CT molecular complexity index is 362. The maximum Gasteiger partial charge on any atom is 0.123 e. The molecule has 1 aliphatic heterocycles. The Kier molecular flexibility index (Phi) is 4.36. The van der Waals surface area contributed by atoms with Crippen LogP contribution in [0.4, 0.5) is 0 Å². The smallest absolute Gasteiger partial charge is 0.123 e. The van der Waals surface area contributed by atoms with Crippen LogP contribution in [0.2, 0.25) is 0 Å². The molecule has 0 bridgehead atoms. The summed E-state index contributed by atoms with van der Waals surface area (Å²) in [5.41, 5.74) is 5.27. The average molecular weight is 237 g/mol. The van der Waals surface area contributed by atoms with E-state index in [2.05, 4.69) is 17.6 Å². The molecular formula is C13H19NO3. The van der Waals surface area contributed by atoms with Crippen LogP contribution in [-0.4, -0.2) is 27.4 Å². The van der Waals surface area contributed by atoms with Gasteiger partial charge in [0.15, 0.2) is 0 Å². The molecule has 0 amide bonds. The number of hydrogen-bond donors (Lipinski definition) is 1. The predicted molar refractivity (Wildman–Crippen MR) is 65.0 cm³/mol. The number of rotatable bonds is 5. The molecule has 1 unspecified atom stereocenters. The summed E-state index contributed by atoms with van der Waals surface area (Å²) in [7, 11) is 3.30. The molecule has 0 spiro atoms. The number of nitrogens with one attached hydrogen (secondary N) is 1. The highest BCUT2D eigenvalue weighted by molar-refractivity contribution is 5.38. The summed E-state index contributed by atoms with van der Waals surface area (Å²) in [6.45, 7) is 2.33. The summed E-state index contributed by atoms with van der Waals surface area (Å²) in [5, 5.41) is 0. The molecule has 1 N–H and O–H groups in total. The zero-order valence-electron chi connectivity index (χ0n) is 10.4. The summed E-state index contributed by atoms with van der Waals surface area (Å²) in [4.78, 5) is 4.88. The third-order valence-electron chi connectivity index (χ3n) is 3.11. The molecular weight excluding hydrogens is 218 g/mol. The molecule has 1 aromatic rings. The SMILES string of the molecule is CONCc1cc(C2CCOC2)ccc1OC. The number of hydroxylamine groups is 1. The fraction of sp³-hybridized carbons (Fsp3) is 0.538. The molecule has 1 fully saturated rings. The van der Waals surface area contributed by atoms with E-state index >= 15 is 0 Å². The van der Waals surface area contributed by atoms with Crippen molar-refractivity contribution in [2.24, 2.45) is 0 Å². The minimum atomic E-state index is 0.516. The van der Waals surface area contributed by atoms with Gasteiger partial charge in [-0.15, -0.1) is 0 Å². The molecule has 4 nitrogen and oxygen atoms in total. The van der Waals surface area contributed by atoms with Crippen molar-refractivity contribution >= 4 is 0 Å². The summed E-state index contributed by atoms with van der Waals surface area (Å²) >= 11 is 0. The zero-order valence-corrected chi connectivity index (χ0v) is 10.4. The zero-order chi connectivity index (χ0) is 12.1. The maximum absolute atomic E-state index is 5.42. The number of ether oxygens (including phenoxy) is 2. The molecule has 1 aliphatic rings. The van der Waals surface area contributed by atoms with Crippen LogP contribution in [0.25, 0.3) is 0 Å². The van der Waals surface area contributed by atoms with Crippen LogP contribution < -0.4 is 10.2 Å². The normalized spacial score (nSPS) is 19.5. The first-order valence-corrected chi connectivity index (χ1v) is 5.85. The molecule has 0 radical (unpaired) electrons. The molecule has 1 aromatic carbocycles. The van der Waals surface area contributed by atoms with Crippen molar-refractivity contribution in [3.05, 3.63) is 29.3 Å². The maximum atomic E-state index is 5.42. The van der Waals surface area contributed by atoms with Crippen molar-refractivity contribution < 1.29 is 14.3 Å². The summed E-state index contributed by atoms with van der Waals surface area (Å²) < 4.78 is 10.8. The van der Waals surface area contributed by atoms with Gasteiger partial charge in [0.2, 0.25) is 0 Å². The molecule has 0 aromatic heterocycles. The van der Waals surface area contributed by atoms with Crippen LogP contribution in [0.1, 0.15) is 23.5 Å². The van der Waals surface area contributed by atoms with E-state index in [-0.39, 0.29) is 0 Å². The highest BCUT2D eigenvalue weighted by Crippen LogP contribution is 2.29. The third-order valence-corrected chi connectivity index (χ3v) is 3.11. The first-order valence-electron chi connectivity index (χ1n) is 5.85. The van der Waals surface area contributed by atoms with Gasteiger partial charge in [0.1, 0.15) is 5.75 Å². The van der Waals surface area contributed by atoms with Gasteiger partial charge >= 0.3 is 0 Å². The number of benzene rings is 1. The Morgan fingerprint density at radius 2 is 2.29 bits per heavy atom. The molecule has 0 aliphatic carbocycles. The van der Waals surface area contributed by atoms with Crippen molar-refractivity contribution in [3.63, 3.8) is 0 Å². The Balaban J connectivity index is 2.17. The predicted octanol–water partition coefficient (Wildman–Crippen LogP) is 1.85. The Morgan fingerprint density at radius 1 is 1.41 bits per heavy atom. The Labute approximate surface area is 102 Å². The number of hydrogen-bond acceptors (Lipinski definition) is 4. The second-order valence-corrected chi connectivity index (χ2v) is 4.16. The molecule has 1 heterocycles. The minimum Gasteiger partial charge on any atom is -0.496 e. The van der Waals surface area contributed by atoms with Gasteiger partial charge in [-0.25, -0.2) is 0 Å².